The van der Waals surface area contributed by atoms with Crippen LogP contribution in [0.5, 0.6) is 0 Å². The third kappa shape index (κ3) is 2.84. The molecule has 2 aliphatic rings. The molecule has 2 nitrogen and oxygen atoms in total. The number of fused-ring (bicyclic) bond motifs is 2. The fourth-order valence-corrected chi connectivity index (χ4v) is 3.59. The molecular formula is C14H19NOS. The van der Waals surface area contributed by atoms with Crippen molar-refractivity contribution in [3.05, 3.63) is 30.3 Å². The highest BCUT2D eigenvalue weighted by atomic mass is 32.2. The first-order valence-corrected chi connectivity index (χ1v) is 7.47. The second-order valence-corrected chi connectivity index (χ2v) is 6.00. The minimum Gasteiger partial charge on any atom is -0.373 e. The molecule has 2 bridgehead atoms. The number of thioether (sulfide) groups is 1. The molecule has 3 rings (SSSR count). The van der Waals surface area contributed by atoms with E-state index < -0.39 is 0 Å². The molecule has 3 heteroatoms. The zero-order valence-corrected chi connectivity index (χ0v) is 10.8. The van der Waals surface area contributed by atoms with Crippen LogP contribution in [0, 0.1) is 0 Å². The van der Waals surface area contributed by atoms with Crippen LogP contribution in [0.3, 0.4) is 0 Å². The number of rotatable bonds is 5. The molecule has 0 saturated carbocycles. The normalized spacial score (nSPS) is 30.9. The first kappa shape index (κ1) is 11.6. The highest BCUT2D eigenvalue weighted by Crippen LogP contribution is 2.34. The van der Waals surface area contributed by atoms with Crippen molar-refractivity contribution >= 4 is 11.8 Å². The van der Waals surface area contributed by atoms with Crippen LogP contribution in [0.2, 0.25) is 0 Å². The molecule has 92 valence electrons. The van der Waals surface area contributed by atoms with Gasteiger partial charge in [-0.15, -0.1) is 11.8 Å². The van der Waals surface area contributed by atoms with E-state index in [1.165, 1.54) is 24.2 Å². The van der Waals surface area contributed by atoms with E-state index in [1.807, 2.05) is 11.8 Å². The maximum absolute atomic E-state index is 5.83. The summed E-state index contributed by atoms with van der Waals surface area (Å²) in [5, 5.41) is 3.64. The molecule has 0 aromatic heterocycles. The van der Waals surface area contributed by atoms with Crippen LogP contribution in [0.1, 0.15) is 19.3 Å². The lowest BCUT2D eigenvalue weighted by Gasteiger charge is -2.19. The van der Waals surface area contributed by atoms with Gasteiger partial charge in [0.15, 0.2) is 0 Å². The topological polar surface area (TPSA) is 21.3 Å². The van der Waals surface area contributed by atoms with Crippen molar-refractivity contribution in [1.29, 1.82) is 0 Å². The SMILES string of the molecule is c1ccc(SCCNC2CC3CCC2O3)cc1. The van der Waals surface area contributed by atoms with Crippen molar-refractivity contribution in [2.45, 2.75) is 42.4 Å². The Hall–Kier alpha value is -0.510. The lowest BCUT2D eigenvalue weighted by Crippen LogP contribution is -2.38. The quantitative estimate of drug-likeness (QED) is 0.640. The van der Waals surface area contributed by atoms with Gasteiger partial charge in [0.25, 0.3) is 0 Å². The van der Waals surface area contributed by atoms with E-state index in [2.05, 4.69) is 35.6 Å². The number of hydrogen-bond donors (Lipinski definition) is 1. The summed E-state index contributed by atoms with van der Waals surface area (Å²) in [7, 11) is 0. The first-order valence-electron chi connectivity index (χ1n) is 6.48. The van der Waals surface area contributed by atoms with E-state index >= 15 is 0 Å². The molecule has 1 aromatic rings. The predicted molar refractivity (Wildman–Crippen MR) is 71.5 cm³/mol. The average molecular weight is 249 g/mol. The zero-order chi connectivity index (χ0) is 11.5. The van der Waals surface area contributed by atoms with Gasteiger partial charge in [-0.1, -0.05) is 18.2 Å². The van der Waals surface area contributed by atoms with Crippen LogP contribution in [0.4, 0.5) is 0 Å². The average Bonchev–Trinajstić information content (AvgIpc) is 2.98. The fourth-order valence-electron chi connectivity index (χ4n) is 2.78. The Balaban J connectivity index is 1.36. The molecule has 1 N–H and O–H groups in total. The predicted octanol–water partition coefficient (Wildman–Crippen LogP) is 2.69. The van der Waals surface area contributed by atoms with Crippen molar-refractivity contribution in [1.82, 2.24) is 5.32 Å². The first-order chi connectivity index (χ1) is 8.42. The van der Waals surface area contributed by atoms with E-state index in [4.69, 9.17) is 4.74 Å². The molecule has 1 aromatic carbocycles. The minimum atomic E-state index is 0.502. The second-order valence-electron chi connectivity index (χ2n) is 4.83. The van der Waals surface area contributed by atoms with Crippen molar-refractivity contribution in [3.8, 4) is 0 Å². The maximum Gasteiger partial charge on any atom is 0.0733 e. The Labute approximate surface area is 107 Å². The summed E-state index contributed by atoms with van der Waals surface area (Å²) in [5.41, 5.74) is 0. The summed E-state index contributed by atoms with van der Waals surface area (Å²) >= 11 is 1.92. The van der Waals surface area contributed by atoms with E-state index in [-0.39, 0.29) is 0 Å². The number of nitrogens with one attached hydrogen (secondary N) is 1. The summed E-state index contributed by atoms with van der Waals surface area (Å²) in [4.78, 5) is 1.36. The van der Waals surface area contributed by atoms with Crippen LogP contribution in [-0.4, -0.2) is 30.5 Å². The molecule has 0 aliphatic carbocycles. The largest absolute Gasteiger partial charge is 0.373 e. The van der Waals surface area contributed by atoms with Gasteiger partial charge in [-0.2, -0.15) is 0 Å². The molecule has 17 heavy (non-hydrogen) atoms. The van der Waals surface area contributed by atoms with Crippen LogP contribution >= 0.6 is 11.8 Å². The van der Waals surface area contributed by atoms with Gasteiger partial charge in [0.2, 0.25) is 0 Å². The molecule has 0 amide bonds. The third-order valence-corrected chi connectivity index (χ3v) is 4.64. The van der Waals surface area contributed by atoms with Gasteiger partial charge >= 0.3 is 0 Å². The van der Waals surface area contributed by atoms with E-state index in [1.54, 1.807) is 0 Å². The van der Waals surface area contributed by atoms with Crippen molar-refractivity contribution in [3.63, 3.8) is 0 Å². The van der Waals surface area contributed by atoms with E-state index in [9.17, 15) is 0 Å². The van der Waals surface area contributed by atoms with Crippen LogP contribution < -0.4 is 5.32 Å². The van der Waals surface area contributed by atoms with Crippen LogP contribution in [0.15, 0.2) is 35.2 Å². The standard InChI is InChI=1S/C14H19NOS/c1-2-4-12(5-3-1)17-9-8-15-13-10-11-6-7-14(13)16-11/h1-5,11,13-15H,6-10H2. The lowest BCUT2D eigenvalue weighted by atomic mass is 9.96. The second kappa shape index (κ2) is 5.42. The molecule has 0 radical (unpaired) electrons. The molecule has 3 atom stereocenters. The van der Waals surface area contributed by atoms with Crippen molar-refractivity contribution in [2.24, 2.45) is 0 Å². The maximum atomic E-state index is 5.83. The number of benzene rings is 1. The molecule has 2 heterocycles. The summed E-state index contributed by atoms with van der Waals surface area (Å²) in [6.07, 6.45) is 4.82. The van der Waals surface area contributed by atoms with E-state index in [0.29, 0.717) is 18.2 Å². The molecule has 0 spiro atoms. The summed E-state index contributed by atoms with van der Waals surface area (Å²) in [6.45, 7) is 1.08. The fraction of sp³-hybridized carbons (Fsp3) is 0.571. The summed E-state index contributed by atoms with van der Waals surface area (Å²) < 4.78 is 5.83. The van der Waals surface area contributed by atoms with E-state index in [0.717, 1.165) is 12.3 Å². The molecule has 2 fully saturated rings. The Morgan fingerprint density at radius 1 is 1.24 bits per heavy atom. The Kier molecular flexibility index (Phi) is 3.69. The Morgan fingerprint density at radius 2 is 2.12 bits per heavy atom. The smallest absolute Gasteiger partial charge is 0.0733 e. The number of hydrogen-bond acceptors (Lipinski definition) is 3. The molecule has 2 aliphatic heterocycles. The van der Waals surface area contributed by atoms with Gasteiger partial charge in [-0.25, -0.2) is 0 Å². The highest BCUT2D eigenvalue weighted by molar-refractivity contribution is 7.99. The van der Waals surface area contributed by atoms with Gasteiger partial charge in [0.1, 0.15) is 0 Å². The molecule has 2 saturated heterocycles. The van der Waals surface area contributed by atoms with Crippen LogP contribution in [0.25, 0.3) is 0 Å². The van der Waals surface area contributed by atoms with Gasteiger partial charge in [-0.3, -0.25) is 0 Å². The van der Waals surface area contributed by atoms with Gasteiger partial charge < -0.3 is 10.1 Å². The summed E-state index contributed by atoms with van der Waals surface area (Å²) in [5.74, 6) is 1.14. The minimum absolute atomic E-state index is 0.502. The van der Waals surface area contributed by atoms with Crippen molar-refractivity contribution < 1.29 is 4.74 Å². The van der Waals surface area contributed by atoms with Gasteiger partial charge in [0.05, 0.1) is 12.2 Å². The van der Waals surface area contributed by atoms with Crippen molar-refractivity contribution in [2.75, 3.05) is 12.3 Å². The van der Waals surface area contributed by atoms with Crippen LogP contribution in [-0.2, 0) is 4.74 Å². The zero-order valence-electron chi connectivity index (χ0n) is 9.97. The Morgan fingerprint density at radius 3 is 2.82 bits per heavy atom. The highest BCUT2D eigenvalue weighted by Gasteiger charge is 2.40. The molecule has 3 unspecified atom stereocenters. The van der Waals surface area contributed by atoms with Gasteiger partial charge in [-0.05, 0) is 31.4 Å². The lowest BCUT2D eigenvalue weighted by molar-refractivity contribution is 0.0977. The monoisotopic (exact) mass is 249 g/mol. The van der Waals surface area contributed by atoms with Gasteiger partial charge in [0, 0.05) is 23.2 Å². The third-order valence-electron chi connectivity index (χ3n) is 3.63. The molecular weight excluding hydrogens is 230 g/mol. The summed E-state index contributed by atoms with van der Waals surface area (Å²) in [6, 6.07) is 11.2. The Bertz CT molecular complexity index is 356. The number of ether oxygens (including phenoxy) is 1.